The van der Waals surface area contributed by atoms with Gasteiger partial charge in [-0.15, -0.1) is 24.0 Å². The summed E-state index contributed by atoms with van der Waals surface area (Å²) in [4.78, 5) is 26.5. The normalized spacial score (nSPS) is 15.5. The maximum Gasteiger partial charge on any atom is 0.230 e. The van der Waals surface area contributed by atoms with Crippen LogP contribution in [-0.4, -0.2) is 54.4 Å². The summed E-state index contributed by atoms with van der Waals surface area (Å²) < 4.78 is 0. The molecule has 0 aliphatic heterocycles. The number of nitrogens with one attached hydrogen (secondary N) is 3. The smallest absolute Gasteiger partial charge is 0.230 e. The van der Waals surface area contributed by atoms with Crippen LogP contribution in [0.3, 0.4) is 0 Å². The highest BCUT2D eigenvalue weighted by Gasteiger charge is 2.42. The molecular formula is C21H31IN6O. The maximum atomic E-state index is 12.7. The Kier molecular flexibility index (Phi) is 8.48. The summed E-state index contributed by atoms with van der Waals surface area (Å²) >= 11 is 0. The Hall–Kier alpha value is -2.10. The van der Waals surface area contributed by atoms with Crippen LogP contribution in [0, 0.1) is 5.41 Å². The fourth-order valence-electron chi connectivity index (χ4n) is 3.85. The second-order valence-corrected chi connectivity index (χ2v) is 7.58. The fraction of sp³-hybridized carbons (Fsp3) is 0.476. The molecule has 1 fully saturated rings. The van der Waals surface area contributed by atoms with Gasteiger partial charge < -0.3 is 20.5 Å². The molecule has 3 N–H and O–H groups in total. The molecule has 1 aromatic carbocycles. The molecule has 1 saturated carbocycles. The summed E-state index contributed by atoms with van der Waals surface area (Å²) in [6.07, 6.45) is 5.88. The first-order valence-electron chi connectivity index (χ1n) is 9.80. The lowest BCUT2D eigenvalue weighted by atomic mass is 9.84. The minimum Gasteiger partial charge on any atom is -0.355 e. The van der Waals surface area contributed by atoms with Crippen molar-refractivity contribution in [2.45, 2.75) is 32.2 Å². The highest BCUT2D eigenvalue weighted by molar-refractivity contribution is 14.0. The molecule has 1 aliphatic rings. The topological polar surface area (TPSA) is 85.4 Å². The molecule has 2 aromatic rings. The number of H-pyrrole nitrogens is 1. The predicted molar refractivity (Wildman–Crippen MR) is 127 cm³/mol. The summed E-state index contributed by atoms with van der Waals surface area (Å²) in [7, 11) is 5.40. The molecular weight excluding hydrogens is 479 g/mol. The summed E-state index contributed by atoms with van der Waals surface area (Å²) in [5, 5.41) is 6.63. The molecule has 1 aromatic heterocycles. The summed E-state index contributed by atoms with van der Waals surface area (Å²) in [5.74, 6) is 1.71. The lowest BCUT2D eigenvalue weighted by Gasteiger charge is -2.31. The fourth-order valence-corrected chi connectivity index (χ4v) is 3.85. The number of carbonyl (C=O) groups is 1. The van der Waals surface area contributed by atoms with Gasteiger partial charge >= 0.3 is 0 Å². The molecule has 8 heteroatoms. The van der Waals surface area contributed by atoms with Gasteiger partial charge in [-0.25, -0.2) is 4.98 Å². The molecule has 29 heavy (non-hydrogen) atoms. The number of aliphatic imine (C=N–C) groups is 1. The number of halogens is 1. The van der Waals surface area contributed by atoms with E-state index >= 15 is 0 Å². The van der Waals surface area contributed by atoms with Gasteiger partial charge in [0.1, 0.15) is 5.82 Å². The lowest BCUT2D eigenvalue weighted by molar-refractivity contribution is -0.138. The number of benzene rings is 1. The lowest BCUT2D eigenvalue weighted by Crippen LogP contribution is -2.49. The first-order valence-corrected chi connectivity index (χ1v) is 9.80. The van der Waals surface area contributed by atoms with Gasteiger partial charge in [0.15, 0.2) is 5.96 Å². The minimum absolute atomic E-state index is 0. The van der Waals surface area contributed by atoms with Crippen LogP contribution in [-0.2, 0) is 11.3 Å². The molecule has 3 rings (SSSR count). The molecule has 1 amide bonds. The van der Waals surface area contributed by atoms with Crippen LogP contribution in [0.4, 0.5) is 0 Å². The Bertz CT molecular complexity index is 812. The zero-order valence-corrected chi connectivity index (χ0v) is 19.7. The monoisotopic (exact) mass is 510 g/mol. The largest absolute Gasteiger partial charge is 0.355 e. The van der Waals surface area contributed by atoms with E-state index in [1.54, 1.807) is 11.9 Å². The Morgan fingerprint density at radius 3 is 2.52 bits per heavy atom. The van der Waals surface area contributed by atoms with Crippen molar-refractivity contribution in [3.63, 3.8) is 0 Å². The first kappa shape index (κ1) is 23.2. The van der Waals surface area contributed by atoms with Crippen molar-refractivity contribution in [3.05, 3.63) is 42.4 Å². The van der Waals surface area contributed by atoms with Crippen molar-refractivity contribution in [3.8, 4) is 11.3 Å². The Labute approximate surface area is 189 Å². The van der Waals surface area contributed by atoms with Crippen molar-refractivity contribution >= 4 is 35.8 Å². The summed E-state index contributed by atoms with van der Waals surface area (Å²) in [6.45, 7) is 1.12. The Balaban J connectivity index is 0.00000300. The summed E-state index contributed by atoms with van der Waals surface area (Å²) in [5.41, 5.74) is 1.77. The zero-order valence-electron chi connectivity index (χ0n) is 17.4. The van der Waals surface area contributed by atoms with Crippen LogP contribution in [0.25, 0.3) is 11.3 Å². The van der Waals surface area contributed by atoms with Crippen LogP contribution >= 0.6 is 24.0 Å². The second-order valence-electron chi connectivity index (χ2n) is 7.58. The molecule has 0 atom stereocenters. The average molecular weight is 510 g/mol. The van der Waals surface area contributed by atoms with Crippen LogP contribution in [0.5, 0.6) is 0 Å². The van der Waals surface area contributed by atoms with E-state index < -0.39 is 0 Å². The number of imidazole rings is 1. The van der Waals surface area contributed by atoms with Crippen LogP contribution in [0.15, 0.2) is 41.5 Å². The van der Waals surface area contributed by atoms with Gasteiger partial charge in [-0.05, 0) is 18.4 Å². The average Bonchev–Trinajstić information content (AvgIpc) is 3.38. The highest BCUT2D eigenvalue weighted by atomic mass is 127. The van der Waals surface area contributed by atoms with Gasteiger partial charge in [0.25, 0.3) is 0 Å². The number of rotatable bonds is 6. The van der Waals surface area contributed by atoms with Crippen molar-refractivity contribution in [2.75, 3.05) is 27.7 Å². The Morgan fingerprint density at radius 1 is 1.21 bits per heavy atom. The highest BCUT2D eigenvalue weighted by Crippen LogP contribution is 2.38. The van der Waals surface area contributed by atoms with E-state index in [-0.39, 0.29) is 35.3 Å². The summed E-state index contributed by atoms with van der Waals surface area (Å²) in [6, 6.07) is 10.1. The number of amides is 1. The van der Waals surface area contributed by atoms with E-state index in [0.29, 0.717) is 19.0 Å². The van der Waals surface area contributed by atoms with Crippen molar-refractivity contribution < 1.29 is 4.79 Å². The number of hydrogen-bond acceptors (Lipinski definition) is 3. The van der Waals surface area contributed by atoms with Gasteiger partial charge in [-0.3, -0.25) is 9.79 Å². The van der Waals surface area contributed by atoms with E-state index in [1.165, 1.54) is 0 Å². The quantitative estimate of drug-likeness (QED) is 0.317. The number of hydrogen-bond donors (Lipinski definition) is 3. The molecule has 0 saturated heterocycles. The number of aromatic amines is 1. The third kappa shape index (κ3) is 5.71. The maximum absolute atomic E-state index is 12.7. The second kappa shape index (κ2) is 10.6. The predicted octanol–water partition coefficient (Wildman–Crippen LogP) is 3.01. The molecule has 1 heterocycles. The molecule has 0 unspecified atom stereocenters. The van der Waals surface area contributed by atoms with Crippen molar-refractivity contribution in [1.29, 1.82) is 0 Å². The molecule has 0 radical (unpaired) electrons. The molecule has 158 valence electrons. The number of nitrogens with zero attached hydrogens (tertiary/aromatic N) is 3. The van der Waals surface area contributed by atoms with Gasteiger partial charge in [0.2, 0.25) is 5.91 Å². The van der Waals surface area contributed by atoms with Gasteiger partial charge in [-0.2, -0.15) is 0 Å². The number of aromatic nitrogens is 2. The third-order valence-corrected chi connectivity index (χ3v) is 5.37. The molecule has 0 bridgehead atoms. The molecule has 7 nitrogen and oxygen atoms in total. The van der Waals surface area contributed by atoms with Crippen LogP contribution < -0.4 is 10.6 Å². The van der Waals surface area contributed by atoms with Crippen LogP contribution in [0.2, 0.25) is 0 Å². The van der Waals surface area contributed by atoms with E-state index in [2.05, 4.69) is 25.6 Å². The van der Waals surface area contributed by atoms with E-state index in [1.807, 2.05) is 50.6 Å². The van der Waals surface area contributed by atoms with Crippen molar-refractivity contribution in [2.24, 2.45) is 10.4 Å². The SMILES string of the molecule is CN=C(NCc1ncc(-c2ccccc2)[nH]1)NCC1(C(=O)N(C)C)CCCC1.I. The standard InChI is InChI=1S/C21H30N6O.HI/c1-22-20(25-15-21(11-7-8-12-21)19(28)27(2)3)24-14-18-23-13-17(26-18)16-9-5-4-6-10-16;/h4-6,9-10,13H,7-8,11-12,14-15H2,1-3H3,(H,23,26)(H2,22,24,25);1H. The van der Waals surface area contributed by atoms with E-state index in [4.69, 9.17) is 0 Å². The van der Waals surface area contributed by atoms with Crippen molar-refractivity contribution in [1.82, 2.24) is 25.5 Å². The molecule has 1 aliphatic carbocycles. The van der Waals surface area contributed by atoms with Gasteiger partial charge in [0, 0.05) is 27.7 Å². The van der Waals surface area contributed by atoms with Gasteiger partial charge in [-0.1, -0.05) is 43.2 Å². The zero-order chi connectivity index (χ0) is 20.0. The van der Waals surface area contributed by atoms with E-state index in [0.717, 1.165) is 42.8 Å². The number of guanidine groups is 1. The van der Waals surface area contributed by atoms with Crippen LogP contribution in [0.1, 0.15) is 31.5 Å². The van der Waals surface area contributed by atoms with E-state index in [9.17, 15) is 4.79 Å². The van der Waals surface area contributed by atoms with Gasteiger partial charge in [0.05, 0.1) is 23.9 Å². The Morgan fingerprint density at radius 2 is 1.90 bits per heavy atom. The molecule has 0 spiro atoms. The third-order valence-electron chi connectivity index (χ3n) is 5.37. The minimum atomic E-state index is -0.327. The first-order chi connectivity index (χ1) is 13.5. The number of carbonyl (C=O) groups excluding carboxylic acids is 1.